The third-order valence-corrected chi connectivity index (χ3v) is 23.1. The van der Waals surface area contributed by atoms with E-state index in [9.17, 15) is 91.3 Å². The first-order valence-corrected chi connectivity index (χ1v) is 30.7. The van der Waals surface area contributed by atoms with E-state index in [1.807, 2.05) is 13.8 Å². The van der Waals surface area contributed by atoms with Gasteiger partial charge in [-0.15, -0.1) is 0 Å². The molecule has 0 amide bonds. The Labute approximate surface area is 503 Å². The van der Waals surface area contributed by atoms with Crippen LogP contribution in [0.2, 0.25) is 0 Å². The van der Waals surface area contributed by atoms with Crippen molar-refractivity contribution in [3.8, 4) is 0 Å². The molecular formula is C59H94O28. The number of carboxylic acid groups (broad SMARTS) is 1. The second kappa shape index (κ2) is 24.6. The van der Waals surface area contributed by atoms with Crippen LogP contribution in [0.15, 0.2) is 11.6 Å². The number of allylic oxidation sites excluding steroid dienone is 2. The fourth-order valence-corrected chi connectivity index (χ4v) is 17.7. The number of carbonyl (C=O) groups excluding carboxylic acids is 1. The van der Waals surface area contributed by atoms with Gasteiger partial charge in [0.15, 0.2) is 31.3 Å². The van der Waals surface area contributed by atoms with E-state index >= 15 is 0 Å². The molecule has 28 heteroatoms. The summed E-state index contributed by atoms with van der Waals surface area (Å²) in [5.41, 5.74) is -3.12. The SMILES string of the molecule is C[C@@H]1O[C@@H](O[C@@H]2[C@@H](O)[C@H](O[C@H]3[C@H](O[C@H]4CC[C@]5(C)[C@H]6CC=C7[C@@H]8CC(C)(C)CC[C@]8(C(=O)O[C@@H]8O[C@H](CO)[C@@H](O)[C@H](O)[C@H]8O)[C@H](O)C[C@@]7(C)[C@]6(C)CC[C@H]5C4(C)C)O[C@H](C(=O)O)[C@@H](O)[C@@H]3O[C@@H]3OC[C@@H](O)[C@H](O)[C@H]3O)O[C@H](CO)[C@H]2O)[C@H](O)[C@H](O)[C@H]1O. The normalized spacial score (nSPS) is 54.0. The number of ether oxygens (including phenoxy) is 10. The van der Waals surface area contributed by atoms with Gasteiger partial charge >= 0.3 is 11.9 Å². The zero-order valence-corrected chi connectivity index (χ0v) is 50.4. The van der Waals surface area contributed by atoms with Crippen LogP contribution in [0.25, 0.3) is 0 Å². The van der Waals surface area contributed by atoms with Crippen molar-refractivity contribution in [2.45, 2.75) is 273 Å². The number of aliphatic hydroxyl groups is 15. The summed E-state index contributed by atoms with van der Waals surface area (Å²) in [5, 5.41) is 175. The van der Waals surface area contributed by atoms with Gasteiger partial charge in [0.05, 0.1) is 38.1 Å². The predicted octanol–water partition coefficient (Wildman–Crippen LogP) is -3.48. The van der Waals surface area contributed by atoms with Gasteiger partial charge in [-0.25, -0.2) is 4.79 Å². The fourth-order valence-electron chi connectivity index (χ4n) is 17.7. The number of aliphatic hydroxyl groups excluding tert-OH is 15. The van der Waals surface area contributed by atoms with Crippen LogP contribution < -0.4 is 0 Å². The Kier molecular flexibility index (Phi) is 19.1. The maximum atomic E-state index is 14.9. The molecule has 0 aromatic rings. The topological polar surface area (TPSA) is 450 Å². The molecule has 498 valence electrons. The monoisotopic (exact) mass is 1250 g/mol. The maximum Gasteiger partial charge on any atom is 0.335 e. The summed E-state index contributed by atoms with van der Waals surface area (Å²) in [6.45, 7) is 14.1. The minimum atomic E-state index is -2.19. The molecule has 5 aliphatic carbocycles. The van der Waals surface area contributed by atoms with Crippen LogP contribution in [-0.2, 0) is 57.0 Å². The van der Waals surface area contributed by atoms with Crippen molar-refractivity contribution in [1.82, 2.24) is 0 Å². The lowest BCUT2D eigenvalue weighted by atomic mass is 9.33. The molecule has 0 aromatic heterocycles. The molecule has 87 heavy (non-hydrogen) atoms. The van der Waals surface area contributed by atoms with E-state index in [0.29, 0.717) is 44.9 Å². The first kappa shape index (κ1) is 67.6. The van der Waals surface area contributed by atoms with Crippen molar-refractivity contribution in [2.75, 3.05) is 19.8 Å². The Morgan fingerprint density at radius 1 is 0.563 bits per heavy atom. The molecule has 9 fully saturated rings. The van der Waals surface area contributed by atoms with Gasteiger partial charge in [0.2, 0.25) is 6.29 Å². The average Bonchev–Trinajstić information content (AvgIpc) is 0.676. The molecule has 10 aliphatic rings. The summed E-state index contributed by atoms with van der Waals surface area (Å²) in [6.07, 6.45) is -38.9. The van der Waals surface area contributed by atoms with Gasteiger partial charge in [0.1, 0.15) is 109 Å². The van der Waals surface area contributed by atoms with E-state index in [4.69, 9.17) is 47.4 Å². The van der Waals surface area contributed by atoms with Crippen molar-refractivity contribution < 1.29 is 139 Å². The molecular weight excluding hydrogens is 1160 g/mol. The van der Waals surface area contributed by atoms with Gasteiger partial charge in [-0.3, -0.25) is 4.79 Å². The fraction of sp³-hybridized carbons (Fsp3) is 0.932. The number of hydrogen-bond acceptors (Lipinski definition) is 27. The number of hydrogen-bond donors (Lipinski definition) is 16. The average molecular weight is 1250 g/mol. The van der Waals surface area contributed by atoms with E-state index in [0.717, 1.165) is 5.57 Å². The van der Waals surface area contributed by atoms with E-state index in [2.05, 4.69) is 40.7 Å². The summed E-state index contributed by atoms with van der Waals surface area (Å²) in [6, 6.07) is 0. The van der Waals surface area contributed by atoms with E-state index < -0.39 is 224 Å². The first-order chi connectivity index (χ1) is 40.6. The van der Waals surface area contributed by atoms with Crippen LogP contribution in [-0.4, -0.2) is 273 Å². The summed E-state index contributed by atoms with van der Waals surface area (Å²) < 4.78 is 60.2. The van der Waals surface area contributed by atoms with Crippen molar-refractivity contribution in [1.29, 1.82) is 0 Å². The third-order valence-electron chi connectivity index (χ3n) is 23.1. The second-order valence-corrected chi connectivity index (χ2v) is 28.8. The Balaban J connectivity index is 0.947. The quantitative estimate of drug-likeness (QED) is 0.0484. The van der Waals surface area contributed by atoms with Gasteiger partial charge in [-0.05, 0) is 110 Å². The van der Waals surface area contributed by atoms with Crippen LogP contribution in [0.3, 0.4) is 0 Å². The third kappa shape index (κ3) is 11.2. The Bertz CT molecular complexity index is 2490. The van der Waals surface area contributed by atoms with Crippen LogP contribution in [0.1, 0.15) is 113 Å². The molecule has 0 radical (unpaired) electrons. The molecule has 33 atom stereocenters. The largest absolute Gasteiger partial charge is 0.479 e. The molecule has 0 bridgehead atoms. The van der Waals surface area contributed by atoms with Crippen LogP contribution in [0.5, 0.6) is 0 Å². The Morgan fingerprint density at radius 3 is 1.83 bits per heavy atom. The molecule has 4 saturated carbocycles. The standard InChI is InChI=1S/C59H94O28/c1-22-32(64)36(68)39(71)49(79-22)83-43-35(67)27(20-61)81-51(42(43)74)86-46-44(84-48-38(70)33(65)25(62)21-78-48)41(73)45(47(75)76)85-52(46)82-31-12-13-56(6)28(55(31,4)5)11-14-57(7)29(56)10-9-23-24-17-54(2,3)15-16-59(24,30(63)18-58(23,57)8)53(77)87-50-40(72)37(69)34(66)26(19-60)80-50/h9,22,24-46,48-52,60-74H,10-21H2,1-8H3,(H,75,76)/t22-,24-,25+,26+,27+,28-,29+,30+,31-,32-,33-,34+,35+,36+,37-,38+,39+,40+,41-,42+,43-,44-,45-,46+,48-,49-,50-,51-,52+,56-,57+,58+,59+/m0/s1. The van der Waals surface area contributed by atoms with Gasteiger partial charge in [-0.2, -0.15) is 0 Å². The zero-order chi connectivity index (χ0) is 63.7. The van der Waals surface area contributed by atoms with Crippen LogP contribution in [0.4, 0.5) is 0 Å². The number of carboxylic acids is 1. The second-order valence-electron chi connectivity index (χ2n) is 28.8. The van der Waals surface area contributed by atoms with Crippen molar-refractivity contribution in [3.63, 3.8) is 0 Å². The lowest BCUT2D eigenvalue weighted by molar-refractivity contribution is -0.400. The van der Waals surface area contributed by atoms with Gasteiger partial charge in [-0.1, -0.05) is 60.1 Å². The lowest BCUT2D eigenvalue weighted by Gasteiger charge is -2.71. The highest BCUT2D eigenvalue weighted by atomic mass is 16.8. The van der Waals surface area contributed by atoms with Gasteiger partial charge < -0.3 is 129 Å². The molecule has 0 spiro atoms. The van der Waals surface area contributed by atoms with Gasteiger partial charge in [0, 0.05) is 0 Å². The van der Waals surface area contributed by atoms with E-state index in [1.54, 1.807) is 0 Å². The molecule has 28 nitrogen and oxygen atoms in total. The predicted molar refractivity (Wildman–Crippen MR) is 290 cm³/mol. The van der Waals surface area contributed by atoms with E-state index in [1.165, 1.54) is 6.92 Å². The highest BCUT2D eigenvalue weighted by Gasteiger charge is 2.72. The number of aliphatic carboxylic acids is 1. The summed E-state index contributed by atoms with van der Waals surface area (Å²) in [7, 11) is 0. The number of esters is 1. The highest BCUT2D eigenvalue weighted by molar-refractivity contribution is 5.80. The van der Waals surface area contributed by atoms with Crippen molar-refractivity contribution >= 4 is 11.9 Å². The smallest absolute Gasteiger partial charge is 0.335 e. The minimum absolute atomic E-state index is 0.0243. The number of fused-ring (bicyclic) bond motifs is 7. The minimum Gasteiger partial charge on any atom is -0.479 e. The van der Waals surface area contributed by atoms with Crippen molar-refractivity contribution in [3.05, 3.63) is 11.6 Å². The molecule has 0 unspecified atom stereocenters. The molecule has 5 aliphatic heterocycles. The Hall–Kier alpha value is -2.28. The highest BCUT2D eigenvalue weighted by Crippen LogP contribution is 2.76. The van der Waals surface area contributed by atoms with Crippen LogP contribution in [0, 0.1) is 50.2 Å². The molecule has 0 aromatic carbocycles. The summed E-state index contributed by atoms with van der Waals surface area (Å²) in [5.74, 6) is -3.16. The van der Waals surface area contributed by atoms with Crippen LogP contribution >= 0.6 is 0 Å². The maximum absolute atomic E-state index is 14.9. The summed E-state index contributed by atoms with van der Waals surface area (Å²) >= 11 is 0. The van der Waals surface area contributed by atoms with E-state index in [-0.39, 0.29) is 30.1 Å². The number of carbonyl (C=O) groups is 2. The Morgan fingerprint density at radius 2 is 1.16 bits per heavy atom. The molecule has 10 rings (SSSR count). The molecule has 5 saturated heterocycles. The molecule has 16 N–H and O–H groups in total. The van der Waals surface area contributed by atoms with Crippen molar-refractivity contribution in [2.24, 2.45) is 50.2 Å². The van der Waals surface area contributed by atoms with Gasteiger partial charge in [0.25, 0.3) is 0 Å². The molecule has 5 heterocycles. The number of rotatable bonds is 13. The zero-order valence-electron chi connectivity index (χ0n) is 50.4. The summed E-state index contributed by atoms with van der Waals surface area (Å²) in [4.78, 5) is 28.0. The lowest BCUT2D eigenvalue weighted by Crippen LogP contribution is -2.69. The first-order valence-electron chi connectivity index (χ1n) is 30.7.